The van der Waals surface area contributed by atoms with E-state index in [0.29, 0.717) is 60.4 Å². The Balaban J connectivity index is 1.38. The quantitative estimate of drug-likeness (QED) is 0.605. The van der Waals surface area contributed by atoms with E-state index in [0.717, 1.165) is 5.56 Å². The Bertz CT molecular complexity index is 1020. The van der Waals surface area contributed by atoms with E-state index in [2.05, 4.69) is 13.8 Å². The zero-order chi connectivity index (χ0) is 23.0. The number of aryl methyl sites for hydroxylation is 1. The maximum atomic E-state index is 13.0. The van der Waals surface area contributed by atoms with Crippen molar-refractivity contribution in [3.8, 4) is 11.5 Å². The predicted octanol–water partition coefficient (Wildman–Crippen LogP) is 5.57. The Morgan fingerprint density at radius 2 is 1.78 bits per heavy atom. The molecule has 170 valence electrons. The van der Waals surface area contributed by atoms with Gasteiger partial charge in [-0.2, -0.15) is 0 Å². The molecule has 1 unspecified atom stereocenters. The number of nitrogens with zero attached hydrogens (tertiary/aromatic N) is 1. The lowest BCUT2D eigenvalue weighted by Gasteiger charge is -2.44. The fraction of sp³-hybridized carbons (Fsp3) is 0.462. The number of hydrogen-bond acceptors (Lipinski definition) is 4. The van der Waals surface area contributed by atoms with Crippen molar-refractivity contribution in [2.24, 2.45) is 0 Å². The smallest absolute Gasteiger partial charge is 0.263 e. The van der Waals surface area contributed by atoms with E-state index in [-0.39, 0.29) is 11.7 Å². The van der Waals surface area contributed by atoms with Gasteiger partial charge in [0, 0.05) is 31.0 Å². The molecule has 1 atom stereocenters. The van der Waals surface area contributed by atoms with Crippen LogP contribution in [0, 0.1) is 6.92 Å². The minimum atomic E-state index is -0.576. The summed E-state index contributed by atoms with van der Waals surface area (Å²) in [5.41, 5.74) is 2.11. The molecule has 1 saturated heterocycles. The summed E-state index contributed by atoms with van der Waals surface area (Å²) in [5, 5.41) is 0.574. The molecule has 2 aromatic carbocycles. The van der Waals surface area contributed by atoms with Crippen LogP contribution in [-0.2, 0) is 4.79 Å². The summed E-state index contributed by atoms with van der Waals surface area (Å²) in [5.74, 6) is 1.75. The topological polar surface area (TPSA) is 55.8 Å². The minimum Gasteiger partial charge on any atom is -0.486 e. The van der Waals surface area contributed by atoms with Crippen molar-refractivity contribution < 1.29 is 19.1 Å². The molecule has 1 fully saturated rings. The molecule has 6 heteroatoms. The van der Waals surface area contributed by atoms with Crippen molar-refractivity contribution in [1.29, 1.82) is 0 Å². The molecular formula is C26H30ClNO4. The summed E-state index contributed by atoms with van der Waals surface area (Å²) >= 11 is 6.19. The van der Waals surface area contributed by atoms with Gasteiger partial charge < -0.3 is 14.4 Å². The monoisotopic (exact) mass is 455 g/mol. The Kier molecular flexibility index (Phi) is 6.22. The first kappa shape index (κ1) is 22.7. The predicted molar refractivity (Wildman–Crippen MR) is 125 cm³/mol. The van der Waals surface area contributed by atoms with Crippen LogP contribution < -0.4 is 9.47 Å². The molecular weight excluding hydrogens is 426 g/mol. The molecule has 0 aromatic heterocycles. The first-order valence-corrected chi connectivity index (χ1v) is 11.6. The van der Waals surface area contributed by atoms with Crippen molar-refractivity contribution in [1.82, 2.24) is 4.90 Å². The molecule has 0 aliphatic carbocycles. The summed E-state index contributed by atoms with van der Waals surface area (Å²) in [4.78, 5) is 27.6. The Morgan fingerprint density at radius 3 is 2.41 bits per heavy atom. The molecule has 0 saturated carbocycles. The van der Waals surface area contributed by atoms with Gasteiger partial charge in [0.2, 0.25) is 0 Å². The average molecular weight is 456 g/mol. The number of piperidine rings is 1. The van der Waals surface area contributed by atoms with E-state index >= 15 is 0 Å². The lowest BCUT2D eigenvalue weighted by molar-refractivity contribution is -0.141. The zero-order valence-electron chi connectivity index (χ0n) is 19.1. The molecule has 0 N–H and O–H groups in total. The highest BCUT2D eigenvalue weighted by atomic mass is 35.5. The van der Waals surface area contributed by atoms with Gasteiger partial charge in [0.15, 0.2) is 11.9 Å². The summed E-state index contributed by atoms with van der Waals surface area (Å²) in [6.45, 7) is 9.04. The number of ketones is 1. The second-order valence-electron chi connectivity index (χ2n) is 9.29. The van der Waals surface area contributed by atoms with Crippen LogP contribution in [0.15, 0.2) is 36.4 Å². The number of halogens is 1. The number of amides is 1. The van der Waals surface area contributed by atoms with Gasteiger partial charge in [-0.3, -0.25) is 9.59 Å². The number of rotatable bonds is 4. The highest BCUT2D eigenvalue weighted by molar-refractivity contribution is 6.31. The third-order valence-electron chi connectivity index (χ3n) is 6.56. The van der Waals surface area contributed by atoms with Crippen LogP contribution in [0.2, 0.25) is 5.02 Å². The highest BCUT2D eigenvalue weighted by Crippen LogP contribution is 2.41. The number of benzene rings is 2. The van der Waals surface area contributed by atoms with E-state index in [4.69, 9.17) is 21.1 Å². The minimum absolute atomic E-state index is 0.0436. The SMILES string of the molecule is Cc1cc2c(cc1Cl)C(=O)CC1(CCN(C(=O)C(C)Oc3ccc(C(C)C)cc3)CC1)O2. The van der Waals surface area contributed by atoms with Crippen LogP contribution in [-0.4, -0.2) is 41.4 Å². The molecule has 1 amide bonds. The van der Waals surface area contributed by atoms with Crippen LogP contribution in [0.3, 0.4) is 0 Å². The number of likely N-dealkylation sites (tertiary alicyclic amines) is 1. The van der Waals surface area contributed by atoms with Gasteiger partial charge in [-0.25, -0.2) is 0 Å². The van der Waals surface area contributed by atoms with E-state index in [9.17, 15) is 9.59 Å². The van der Waals surface area contributed by atoms with Crippen molar-refractivity contribution in [2.75, 3.05) is 13.1 Å². The molecule has 2 heterocycles. The van der Waals surface area contributed by atoms with Gasteiger partial charge in [-0.1, -0.05) is 37.6 Å². The fourth-order valence-electron chi connectivity index (χ4n) is 4.47. The number of ether oxygens (including phenoxy) is 2. The van der Waals surface area contributed by atoms with Crippen molar-refractivity contribution in [2.45, 2.75) is 64.6 Å². The number of hydrogen-bond donors (Lipinski definition) is 0. The van der Waals surface area contributed by atoms with Gasteiger partial charge in [0.05, 0.1) is 12.0 Å². The second kappa shape index (κ2) is 8.78. The van der Waals surface area contributed by atoms with Gasteiger partial charge in [-0.15, -0.1) is 0 Å². The molecule has 0 radical (unpaired) electrons. The third-order valence-corrected chi connectivity index (χ3v) is 6.97. The summed E-state index contributed by atoms with van der Waals surface area (Å²) in [6, 6.07) is 11.4. The molecule has 32 heavy (non-hydrogen) atoms. The van der Waals surface area contributed by atoms with Crippen molar-refractivity contribution >= 4 is 23.3 Å². The maximum absolute atomic E-state index is 13.0. The lowest BCUT2D eigenvalue weighted by atomic mass is 9.82. The van der Waals surface area contributed by atoms with Crippen LogP contribution in [0.1, 0.15) is 67.4 Å². The Hall–Kier alpha value is -2.53. The van der Waals surface area contributed by atoms with Gasteiger partial charge in [-0.05, 0) is 55.2 Å². The number of carbonyl (C=O) groups is 2. The van der Waals surface area contributed by atoms with Crippen LogP contribution >= 0.6 is 11.6 Å². The molecule has 5 nitrogen and oxygen atoms in total. The normalized spacial score (nSPS) is 18.3. The van der Waals surface area contributed by atoms with E-state index in [1.54, 1.807) is 13.0 Å². The molecule has 2 aliphatic heterocycles. The third kappa shape index (κ3) is 4.49. The van der Waals surface area contributed by atoms with Crippen LogP contribution in [0.25, 0.3) is 0 Å². The van der Waals surface area contributed by atoms with Gasteiger partial charge >= 0.3 is 0 Å². The summed E-state index contributed by atoms with van der Waals surface area (Å²) in [6.07, 6.45) is 0.965. The first-order chi connectivity index (χ1) is 15.2. The second-order valence-corrected chi connectivity index (χ2v) is 9.70. The van der Waals surface area contributed by atoms with Crippen LogP contribution in [0.4, 0.5) is 0 Å². The largest absolute Gasteiger partial charge is 0.486 e. The Morgan fingerprint density at radius 1 is 1.12 bits per heavy atom. The first-order valence-electron chi connectivity index (χ1n) is 11.3. The maximum Gasteiger partial charge on any atom is 0.263 e. The van der Waals surface area contributed by atoms with Crippen molar-refractivity contribution in [3.63, 3.8) is 0 Å². The highest BCUT2D eigenvalue weighted by Gasteiger charge is 2.44. The lowest BCUT2D eigenvalue weighted by Crippen LogP contribution is -2.54. The molecule has 0 bridgehead atoms. The Labute approximate surface area is 194 Å². The number of Topliss-reactive ketones (excluding diaryl/α,β-unsaturated/α-hetero) is 1. The number of fused-ring (bicyclic) bond motifs is 1. The fourth-order valence-corrected chi connectivity index (χ4v) is 4.63. The molecule has 1 spiro atoms. The molecule has 2 aliphatic rings. The van der Waals surface area contributed by atoms with Crippen molar-refractivity contribution in [3.05, 3.63) is 58.1 Å². The van der Waals surface area contributed by atoms with Gasteiger partial charge in [0.1, 0.15) is 17.1 Å². The van der Waals surface area contributed by atoms with Gasteiger partial charge in [0.25, 0.3) is 5.91 Å². The van der Waals surface area contributed by atoms with E-state index < -0.39 is 11.7 Å². The summed E-state index contributed by atoms with van der Waals surface area (Å²) < 4.78 is 12.2. The zero-order valence-corrected chi connectivity index (χ0v) is 19.9. The van der Waals surface area contributed by atoms with Crippen LogP contribution in [0.5, 0.6) is 11.5 Å². The standard InChI is InChI=1S/C26H30ClNO4/c1-16(2)19-5-7-20(8-6-19)31-18(4)25(30)28-11-9-26(10-12-28)15-23(29)21-14-22(27)17(3)13-24(21)32-26/h5-8,13-14,16,18H,9-12,15H2,1-4H3. The molecule has 2 aromatic rings. The average Bonchev–Trinajstić information content (AvgIpc) is 2.76. The summed E-state index contributed by atoms with van der Waals surface area (Å²) in [7, 11) is 0. The number of carbonyl (C=O) groups excluding carboxylic acids is 2. The van der Waals surface area contributed by atoms with E-state index in [1.165, 1.54) is 5.56 Å². The molecule has 4 rings (SSSR count). The van der Waals surface area contributed by atoms with E-state index in [1.807, 2.05) is 42.2 Å².